The van der Waals surface area contributed by atoms with Crippen LogP contribution >= 0.6 is 0 Å². The number of nitrogens with zero attached hydrogens (tertiary/aromatic N) is 3. The van der Waals surface area contributed by atoms with Crippen LogP contribution in [0.2, 0.25) is 0 Å². The first kappa shape index (κ1) is 16.5. The number of piperazine rings is 1. The fraction of sp³-hybridized carbons (Fsp3) is 0.368. The number of rotatable bonds is 4. The zero-order valence-corrected chi connectivity index (χ0v) is 14.3. The SMILES string of the molecule is CNc1ncccc1CN1CCN(C(C)=O)C[C@@H]1c1ccccc1. The lowest BCUT2D eigenvalue weighted by molar-refractivity contribution is -0.132. The van der Waals surface area contributed by atoms with Crippen molar-refractivity contribution in [3.8, 4) is 0 Å². The van der Waals surface area contributed by atoms with Crippen LogP contribution < -0.4 is 5.32 Å². The Bertz CT molecular complexity index is 689. The van der Waals surface area contributed by atoms with Gasteiger partial charge in [0, 0.05) is 51.9 Å². The van der Waals surface area contributed by atoms with Gasteiger partial charge in [0.15, 0.2) is 0 Å². The van der Waals surface area contributed by atoms with Crippen molar-refractivity contribution in [3.05, 3.63) is 59.8 Å². The molecule has 1 N–H and O–H groups in total. The standard InChI is InChI=1S/C19H24N4O/c1-15(24)22-11-12-23(13-17-9-6-10-21-19(17)20-2)18(14-22)16-7-4-3-5-8-16/h3-10,18H,11-14H2,1-2H3,(H,20,21)/t18-/m1/s1. The summed E-state index contributed by atoms with van der Waals surface area (Å²) < 4.78 is 0. The molecule has 1 atom stereocenters. The molecule has 0 bridgehead atoms. The number of anilines is 1. The van der Waals surface area contributed by atoms with Gasteiger partial charge in [-0.25, -0.2) is 4.98 Å². The molecule has 1 aliphatic heterocycles. The summed E-state index contributed by atoms with van der Waals surface area (Å²) in [4.78, 5) is 20.6. The Morgan fingerprint density at radius 3 is 2.71 bits per heavy atom. The van der Waals surface area contributed by atoms with Crippen LogP contribution in [-0.4, -0.2) is 47.4 Å². The van der Waals surface area contributed by atoms with Gasteiger partial charge >= 0.3 is 0 Å². The molecule has 2 heterocycles. The van der Waals surface area contributed by atoms with Crippen LogP contribution in [0.4, 0.5) is 5.82 Å². The van der Waals surface area contributed by atoms with Crippen molar-refractivity contribution < 1.29 is 4.79 Å². The van der Waals surface area contributed by atoms with Crippen molar-refractivity contribution in [2.24, 2.45) is 0 Å². The first-order valence-corrected chi connectivity index (χ1v) is 8.35. The van der Waals surface area contributed by atoms with Gasteiger partial charge in [-0.05, 0) is 11.6 Å². The predicted octanol–water partition coefficient (Wildman–Crippen LogP) is 2.53. The number of nitrogens with one attached hydrogen (secondary N) is 1. The van der Waals surface area contributed by atoms with Gasteiger partial charge in [0.25, 0.3) is 0 Å². The molecule has 5 nitrogen and oxygen atoms in total. The lowest BCUT2D eigenvalue weighted by Gasteiger charge is -2.41. The molecule has 1 aliphatic rings. The average Bonchev–Trinajstić information content (AvgIpc) is 2.63. The van der Waals surface area contributed by atoms with Crippen LogP contribution in [-0.2, 0) is 11.3 Å². The molecule has 1 fully saturated rings. The minimum absolute atomic E-state index is 0.146. The lowest BCUT2D eigenvalue weighted by Crippen LogP contribution is -2.49. The van der Waals surface area contributed by atoms with E-state index in [9.17, 15) is 4.79 Å². The van der Waals surface area contributed by atoms with Gasteiger partial charge in [-0.15, -0.1) is 0 Å². The summed E-state index contributed by atoms with van der Waals surface area (Å²) in [7, 11) is 1.90. The van der Waals surface area contributed by atoms with Gasteiger partial charge in [0.1, 0.15) is 5.82 Å². The Morgan fingerprint density at radius 2 is 2.00 bits per heavy atom. The molecule has 2 aromatic rings. The number of amides is 1. The highest BCUT2D eigenvalue weighted by Gasteiger charge is 2.29. The minimum Gasteiger partial charge on any atom is -0.373 e. The summed E-state index contributed by atoms with van der Waals surface area (Å²) in [6.45, 7) is 4.83. The average molecular weight is 324 g/mol. The number of aromatic nitrogens is 1. The Kier molecular flexibility index (Phi) is 5.11. The largest absolute Gasteiger partial charge is 0.373 e. The van der Waals surface area contributed by atoms with Gasteiger partial charge < -0.3 is 10.2 Å². The fourth-order valence-electron chi connectivity index (χ4n) is 3.30. The lowest BCUT2D eigenvalue weighted by atomic mass is 10.0. The highest BCUT2D eigenvalue weighted by Crippen LogP contribution is 2.28. The van der Waals surface area contributed by atoms with Crippen LogP contribution in [0.1, 0.15) is 24.1 Å². The van der Waals surface area contributed by atoms with E-state index in [2.05, 4.69) is 45.5 Å². The van der Waals surface area contributed by atoms with Crippen molar-refractivity contribution in [2.45, 2.75) is 19.5 Å². The third-order valence-electron chi connectivity index (χ3n) is 4.62. The van der Waals surface area contributed by atoms with Gasteiger partial charge in [0.2, 0.25) is 5.91 Å². The van der Waals surface area contributed by atoms with Crippen LogP contribution in [0.25, 0.3) is 0 Å². The Balaban J connectivity index is 1.86. The van der Waals surface area contributed by atoms with E-state index >= 15 is 0 Å². The molecular weight excluding hydrogens is 300 g/mol. The van der Waals surface area contributed by atoms with Crippen molar-refractivity contribution in [1.82, 2.24) is 14.8 Å². The monoisotopic (exact) mass is 324 g/mol. The maximum Gasteiger partial charge on any atom is 0.219 e. The van der Waals surface area contributed by atoms with Crippen LogP contribution in [0.5, 0.6) is 0 Å². The molecule has 126 valence electrons. The molecule has 5 heteroatoms. The molecule has 24 heavy (non-hydrogen) atoms. The molecule has 0 saturated carbocycles. The number of hydrogen-bond acceptors (Lipinski definition) is 4. The molecule has 3 rings (SSSR count). The molecular formula is C19H24N4O. The molecule has 0 aliphatic carbocycles. The zero-order chi connectivity index (χ0) is 16.9. The van der Waals surface area contributed by atoms with Gasteiger partial charge in [-0.2, -0.15) is 0 Å². The summed E-state index contributed by atoms with van der Waals surface area (Å²) in [5, 5.41) is 3.16. The second-order valence-corrected chi connectivity index (χ2v) is 6.12. The second-order valence-electron chi connectivity index (χ2n) is 6.12. The van der Waals surface area contributed by atoms with E-state index < -0.39 is 0 Å². The molecule has 1 aromatic carbocycles. The Morgan fingerprint density at radius 1 is 1.21 bits per heavy atom. The summed E-state index contributed by atoms with van der Waals surface area (Å²) in [5.74, 6) is 1.06. The van der Waals surface area contributed by atoms with Crippen LogP contribution in [0.3, 0.4) is 0 Å². The first-order chi connectivity index (χ1) is 11.7. The predicted molar refractivity (Wildman–Crippen MR) is 95.6 cm³/mol. The molecule has 1 saturated heterocycles. The number of carbonyl (C=O) groups excluding carboxylic acids is 1. The van der Waals surface area contributed by atoms with Crippen molar-refractivity contribution >= 4 is 11.7 Å². The minimum atomic E-state index is 0.146. The molecule has 1 amide bonds. The highest BCUT2D eigenvalue weighted by molar-refractivity contribution is 5.73. The fourth-order valence-corrected chi connectivity index (χ4v) is 3.30. The third kappa shape index (κ3) is 3.57. The van der Waals surface area contributed by atoms with Gasteiger partial charge in [-0.1, -0.05) is 36.4 Å². The number of hydrogen-bond donors (Lipinski definition) is 1. The van der Waals surface area contributed by atoms with E-state index in [1.54, 1.807) is 13.1 Å². The zero-order valence-electron chi connectivity index (χ0n) is 14.3. The number of pyridine rings is 1. The maximum atomic E-state index is 11.8. The van der Waals surface area contributed by atoms with Crippen molar-refractivity contribution in [2.75, 3.05) is 32.0 Å². The van der Waals surface area contributed by atoms with Crippen LogP contribution in [0.15, 0.2) is 48.7 Å². The molecule has 0 unspecified atom stereocenters. The van der Waals surface area contributed by atoms with E-state index in [0.29, 0.717) is 0 Å². The van der Waals surface area contributed by atoms with E-state index in [1.807, 2.05) is 24.1 Å². The first-order valence-electron chi connectivity index (χ1n) is 8.35. The topological polar surface area (TPSA) is 48.5 Å². The highest BCUT2D eigenvalue weighted by atomic mass is 16.2. The van der Waals surface area contributed by atoms with Gasteiger partial charge in [-0.3, -0.25) is 9.69 Å². The van der Waals surface area contributed by atoms with Crippen LogP contribution in [0, 0.1) is 0 Å². The summed E-state index contributed by atoms with van der Waals surface area (Å²) in [5.41, 5.74) is 2.43. The summed E-state index contributed by atoms with van der Waals surface area (Å²) in [6.07, 6.45) is 1.80. The van der Waals surface area contributed by atoms with Crippen molar-refractivity contribution in [1.29, 1.82) is 0 Å². The van der Waals surface area contributed by atoms with E-state index in [0.717, 1.165) is 32.0 Å². The summed E-state index contributed by atoms with van der Waals surface area (Å²) >= 11 is 0. The molecule has 1 aromatic heterocycles. The van der Waals surface area contributed by atoms with Gasteiger partial charge in [0.05, 0.1) is 6.04 Å². The smallest absolute Gasteiger partial charge is 0.219 e. The third-order valence-corrected chi connectivity index (χ3v) is 4.62. The second kappa shape index (κ2) is 7.45. The van der Waals surface area contributed by atoms with E-state index in [1.165, 1.54) is 11.1 Å². The quantitative estimate of drug-likeness (QED) is 0.939. The normalized spacial score (nSPS) is 18.4. The Labute approximate surface area is 143 Å². The molecule has 0 radical (unpaired) electrons. The molecule has 0 spiro atoms. The Hall–Kier alpha value is -2.40. The van der Waals surface area contributed by atoms with E-state index in [4.69, 9.17) is 0 Å². The van der Waals surface area contributed by atoms with Crippen molar-refractivity contribution in [3.63, 3.8) is 0 Å². The number of benzene rings is 1. The maximum absolute atomic E-state index is 11.8. The number of carbonyl (C=O) groups is 1. The summed E-state index contributed by atoms with van der Waals surface area (Å²) in [6, 6.07) is 14.7. The van der Waals surface area contributed by atoms with E-state index in [-0.39, 0.29) is 11.9 Å².